The van der Waals surface area contributed by atoms with E-state index in [9.17, 15) is 14.7 Å². The van der Waals surface area contributed by atoms with Crippen LogP contribution in [-0.2, 0) is 11.2 Å². The lowest BCUT2D eigenvalue weighted by Gasteiger charge is -2.33. The molecule has 2 heterocycles. The molecule has 3 aliphatic rings. The van der Waals surface area contributed by atoms with Gasteiger partial charge in [-0.1, -0.05) is 43.2 Å². The number of β-amino-alcohol motifs (C(OH)–C–C–N with tert-alkyl or cyclic N) is 1. The maximum atomic E-state index is 12.7. The van der Waals surface area contributed by atoms with Crippen LogP contribution in [-0.4, -0.2) is 64.7 Å². The highest BCUT2D eigenvalue weighted by Gasteiger charge is 2.52. The van der Waals surface area contributed by atoms with Crippen molar-refractivity contribution in [3.8, 4) is 0 Å². The van der Waals surface area contributed by atoms with Crippen LogP contribution in [0.4, 0.5) is 4.79 Å². The number of carbonyl (C=O) groups is 2. The van der Waals surface area contributed by atoms with Gasteiger partial charge in [0.25, 0.3) is 5.91 Å². The molecule has 28 heavy (non-hydrogen) atoms. The maximum Gasteiger partial charge on any atom is 0.325 e. The summed E-state index contributed by atoms with van der Waals surface area (Å²) < 4.78 is 0. The molecule has 1 aromatic carbocycles. The standard InChI is InChI=1S/C22H31N3O3/c26-19(16-25-20(27)22(23-21(25)28)10-4-5-11-22)15-24-12-8-18(9-13-24)14-17-6-2-1-3-7-17/h1-3,6-7,18-19,26H,4-5,8-16H2,(H,23,28)/t19-/m0/s1. The van der Waals surface area contributed by atoms with Crippen molar-refractivity contribution >= 4 is 11.9 Å². The highest BCUT2D eigenvalue weighted by Crippen LogP contribution is 2.35. The largest absolute Gasteiger partial charge is 0.390 e. The number of aliphatic hydroxyl groups is 1. The summed E-state index contributed by atoms with van der Waals surface area (Å²) in [5, 5.41) is 13.4. The van der Waals surface area contributed by atoms with E-state index in [4.69, 9.17) is 0 Å². The van der Waals surface area contributed by atoms with Crippen molar-refractivity contribution in [2.24, 2.45) is 5.92 Å². The van der Waals surface area contributed by atoms with E-state index >= 15 is 0 Å². The van der Waals surface area contributed by atoms with Crippen molar-refractivity contribution in [2.45, 2.75) is 56.6 Å². The van der Waals surface area contributed by atoms with E-state index in [-0.39, 0.29) is 18.5 Å². The van der Waals surface area contributed by atoms with Crippen LogP contribution < -0.4 is 5.32 Å². The van der Waals surface area contributed by atoms with E-state index in [2.05, 4.69) is 34.5 Å². The molecule has 0 aromatic heterocycles. The monoisotopic (exact) mass is 385 g/mol. The van der Waals surface area contributed by atoms with Gasteiger partial charge >= 0.3 is 6.03 Å². The highest BCUT2D eigenvalue weighted by molar-refractivity contribution is 6.07. The Kier molecular flexibility index (Phi) is 5.69. The van der Waals surface area contributed by atoms with Crippen LogP contribution in [0.15, 0.2) is 30.3 Å². The minimum Gasteiger partial charge on any atom is -0.390 e. The zero-order chi connectivity index (χ0) is 19.6. The highest BCUT2D eigenvalue weighted by atomic mass is 16.3. The summed E-state index contributed by atoms with van der Waals surface area (Å²) in [4.78, 5) is 28.5. The number of benzene rings is 1. The quantitative estimate of drug-likeness (QED) is 0.736. The third kappa shape index (κ3) is 4.08. The minimum atomic E-state index is -0.697. The first-order chi connectivity index (χ1) is 13.6. The van der Waals surface area contributed by atoms with Gasteiger partial charge in [-0.25, -0.2) is 4.79 Å². The molecule has 6 nitrogen and oxygen atoms in total. The van der Waals surface area contributed by atoms with E-state index in [0.717, 1.165) is 58.0 Å². The van der Waals surface area contributed by atoms with E-state index in [1.54, 1.807) is 0 Å². The molecule has 2 saturated heterocycles. The Morgan fingerprint density at radius 3 is 2.43 bits per heavy atom. The molecular formula is C22H31N3O3. The van der Waals surface area contributed by atoms with Crippen LogP contribution >= 0.6 is 0 Å². The van der Waals surface area contributed by atoms with Crippen LogP contribution in [0.2, 0.25) is 0 Å². The number of urea groups is 1. The summed E-state index contributed by atoms with van der Waals surface area (Å²) in [6.07, 6.45) is 6.04. The predicted octanol–water partition coefficient (Wildman–Crippen LogP) is 2.17. The van der Waals surface area contributed by atoms with E-state index in [1.807, 2.05) is 6.07 Å². The van der Waals surface area contributed by atoms with E-state index < -0.39 is 11.6 Å². The first-order valence-electron chi connectivity index (χ1n) is 10.6. The average Bonchev–Trinajstić information content (AvgIpc) is 3.25. The Hall–Kier alpha value is -1.92. The zero-order valence-corrected chi connectivity index (χ0v) is 16.5. The van der Waals surface area contributed by atoms with Gasteiger partial charge < -0.3 is 15.3 Å². The number of hydrogen-bond donors (Lipinski definition) is 2. The van der Waals surface area contributed by atoms with Crippen LogP contribution in [0.3, 0.4) is 0 Å². The number of imide groups is 1. The van der Waals surface area contributed by atoms with Crippen molar-refractivity contribution in [2.75, 3.05) is 26.2 Å². The van der Waals surface area contributed by atoms with Gasteiger partial charge in [0.2, 0.25) is 0 Å². The van der Waals surface area contributed by atoms with Gasteiger partial charge in [-0.15, -0.1) is 0 Å². The molecule has 0 bridgehead atoms. The van der Waals surface area contributed by atoms with Gasteiger partial charge in [-0.2, -0.15) is 0 Å². The van der Waals surface area contributed by atoms with Gasteiger partial charge in [0.15, 0.2) is 0 Å². The first-order valence-corrected chi connectivity index (χ1v) is 10.6. The van der Waals surface area contributed by atoms with Gasteiger partial charge in [-0.3, -0.25) is 9.69 Å². The lowest BCUT2D eigenvalue weighted by molar-refractivity contribution is -0.132. The molecule has 1 aliphatic carbocycles. The number of piperidine rings is 1. The fourth-order valence-electron chi connectivity index (χ4n) is 5.05. The average molecular weight is 386 g/mol. The third-order valence-electron chi connectivity index (χ3n) is 6.64. The second-order valence-corrected chi connectivity index (χ2v) is 8.72. The summed E-state index contributed by atoms with van der Waals surface area (Å²) in [7, 11) is 0. The molecule has 2 N–H and O–H groups in total. The first kappa shape index (κ1) is 19.4. The summed E-state index contributed by atoms with van der Waals surface area (Å²) in [6, 6.07) is 10.3. The van der Waals surface area contributed by atoms with Crippen molar-refractivity contribution in [1.29, 1.82) is 0 Å². The molecule has 3 fully saturated rings. The number of nitrogens with one attached hydrogen (secondary N) is 1. The lowest BCUT2D eigenvalue weighted by atomic mass is 9.90. The second kappa shape index (κ2) is 8.21. The van der Waals surface area contributed by atoms with Crippen LogP contribution in [0.5, 0.6) is 0 Å². The van der Waals surface area contributed by atoms with E-state index in [1.165, 1.54) is 10.5 Å². The summed E-state index contributed by atoms with van der Waals surface area (Å²) in [5.74, 6) is 0.541. The number of nitrogens with zero attached hydrogens (tertiary/aromatic N) is 2. The number of hydrogen-bond acceptors (Lipinski definition) is 4. The lowest BCUT2D eigenvalue weighted by Crippen LogP contribution is -2.46. The molecular weight excluding hydrogens is 354 g/mol. The minimum absolute atomic E-state index is 0.0936. The van der Waals surface area contributed by atoms with Gasteiger partial charge in [0.1, 0.15) is 5.54 Å². The number of carbonyl (C=O) groups excluding carboxylic acids is 2. The molecule has 1 atom stereocenters. The van der Waals surface area contributed by atoms with Crippen LogP contribution in [0, 0.1) is 5.92 Å². The smallest absolute Gasteiger partial charge is 0.325 e. The maximum absolute atomic E-state index is 12.7. The van der Waals surface area contributed by atoms with Gasteiger partial charge in [-0.05, 0) is 56.7 Å². The molecule has 152 valence electrons. The molecule has 4 rings (SSSR count). The Morgan fingerprint density at radius 2 is 1.75 bits per heavy atom. The molecule has 1 aromatic rings. The second-order valence-electron chi connectivity index (χ2n) is 8.72. The third-order valence-corrected chi connectivity index (χ3v) is 6.64. The molecule has 2 aliphatic heterocycles. The zero-order valence-electron chi connectivity index (χ0n) is 16.5. The fourth-order valence-corrected chi connectivity index (χ4v) is 5.05. The normalized spacial score (nSPS) is 24.1. The molecule has 1 saturated carbocycles. The number of aliphatic hydroxyl groups excluding tert-OH is 1. The van der Waals surface area contributed by atoms with Crippen molar-refractivity contribution in [1.82, 2.24) is 15.1 Å². The molecule has 6 heteroatoms. The van der Waals surface area contributed by atoms with Crippen molar-refractivity contribution < 1.29 is 14.7 Å². The Bertz CT molecular complexity index is 694. The summed E-state index contributed by atoms with van der Waals surface area (Å²) >= 11 is 0. The SMILES string of the molecule is O=C1NC2(CCCC2)C(=O)N1C[C@@H](O)CN1CCC(Cc2ccccc2)CC1. The van der Waals surface area contributed by atoms with Crippen LogP contribution in [0.1, 0.15) is 44.1 Å². The Morgan fingerprint density at radius 1 is 1.07 bits per heavy atom. The van der Waals surface area contributed by atoms with Gasteiger partial charge in [0.05, 0.1) is 12.6 Å². The summed E-state index contributed by atoms with van der Waals surface area (Å²) in [5.41, 5.74) is 0.701. The molecule has 0 radical (unpaired) electrons. The molecule has 1 spiro atoms. The number of rotatable bonds is 6. The number of amides is 3. The van der Waals surface area contributed by atoms with Gasteiger partial charge in [0, 0.05) is 6.54 Å². The fraction of sp³-hybridized carbons (Fsp3) is 0.636. The Balaban J connectivity index is 1.23. The number of likely N-dealkylation sites (tertiary alicyclic amines) is 1. The summed E-state index contributed by atoms with van der Waals surface area (Å²) in [6.45, 7) is 2.52. The molecule has 3 amide bonds. The topological polar surface area (TPSA) is 72.9 Å². The predicted molar refractivity (Wildman–Crippen MR) is 107 cm³/mol. The molecule has 0 unspecified atom stereocenters. The van der Waals surface area contributed by atoms with Crippen molar-refractivity contribution in [3.05, 3.63) is 35.9 Å². The van der Waals surface area contributed by atoms with Crippen molar-refractivity contribution in [3.63, 3.8) is 0 Å². The van der Waals surface area contributed by atoms with Crippen LogP contribution in [0.25, 0.3) is 0 Å². The Labute approximate surface area is 166 Å². The van der Waals surface area contributed by atoms with E-state index in [0.29, 0.717) is 12.5 Å².